The van der Waals surface area contributed by atoms with Crippen LogP contribution in [0, 0.1) is 0 Å². The van der Waals surface area contributed by atoms with Crippen molar-refractivity contribution in [2.45, 2.75) is 18.6 Å². The van der Waals surface area contributed by atoms with E-state index in [-0.39, 0.29) is 12.1 Å². The minimum atomic E-state index is -4.54. The van der Waals surface area contributed by atoms with Crippen molar-refractivity contribution < 1.29 is 27.5 Å². The fraction of sp³-hybridized carbons (Fsp3) is 0.364. The van der Waals surface area contributed by atoms with Crippen molar-refractivity contribution in [1.29, 1.82) is 0 Å². The number of carbonyl (C=O) groups is 2. The molecule has 0 N–H and O–H groups in total. The number of hydrogen-bond donors (Lipinski definition) is 0. The Labute approximate surface area is 177 Å². The summed E-state index contributed by atoms with van der Waals surface area (Å²) >= 11 is 0. The second kappa shape index (κ2) is 8.22. The van der Waals surface area contributed by atoms with Crippen LogP contribution in [0.25, 0.3) is 0 Å². The number of halogens is 3. The summed E-state index contributed by atoms with van der Waals surface area (Å²) in [4.78, 5) is 30.5. The van der Waals surface area contributed by atoms with E-state index >= 15 is 0 Å². The summed E-state index contributed by atoms with van der Waals surface area (Å²) < 4.78 is 44.4. The van der Waals surface area contributed by atoms with Gasteiger partial charge in [0.2, 0.25) is 5.91 Å². The number of alkyl halides is 3. The Bertz CT molecular complexity index is 987. The Morgan fingerprint density at radius 1 is 0.935 bits per heavy atom. The second-order valence-corrected chi connectivity index (χ2v) is 7.56. The topological polar surface area (TPSA) is 53.1 Å². The number of anilines is 2. The van der Waals surface area contributed by atoms with Gasteiger partial charge in [0, 0.05) is 37.9 Å². The highest BCUT2D eigenvalue weighted by Gasteiger charge is 2.44. The van der Waals surface area contributed by atoms with Crippen LogP contribution in [0.4, 0.5) is 24.5 Å². The van der Waals surface area contributed by atoms with Gasteiger partial charge in [-0.25, -0.2) is 4.90 Å². The molecule has 0 radical (unpaired) electrons. The molecule has 0 aliphatic carbocycles. The Morgan fingerprint density at radius 2 is 1.61 bits per heavy atom. The first-order valence-electron chi connectivity index (χ1n) is 9.95. The van der Waals surface area contributed by atoms with Gasteiger partial charge in [0.15, 0.2) is 0 Å². The number of methoxy groups -OCH3 is 1. The number of ether oxygens (including phenoxy) is 1. The number of rotatable bonds is 4. The predicted octanol–water partition coefficient (Wildman–Crippen LogP) is 3.17. The van der Waals surface area contributed by atoms with Crippen molar-refractivity contribution in [3.05, 3.63) is 54.1 Å². The number of amides is 2. The Hall–Kier alpha value is -3.07. The van der Waals surface area contributed by atoms with Crippen molar-refractivity contribution in [2.75, 3.05) is 43.1 Å². The van der Waals surface area contributed by atoms with Crippen LogP contribution in [0.3, 0.4) is 0 Å². The van der Waals surface area contributed by atoms with Crippen LogP contribution in [-0.4, -0.2) is 56.0 Å². The zero-order chi connectivity index (χ0) is 22.2. The van der Waals surface area contributed by atoms with Gasteiger partial charge in [0.05, 0.1) is 30.8 Å². The van der Waals surface area contributed by atoms with Crippen LogP contribution < -0.4 is 14.5 Å². The van der Waals surface area contributed by atoms with Crippen molar-refractivity contribution in [3.8, 4) is 5.75 Å². The summed E-state index contributed by atoms with van der Waals surface area (Å²) in [5.74, 6) is -0.197. The Balaban J connectivity index is 1.45. The largest absolute Gasteiger partial charge is 0.497 e. The van der Waals surface area contributed by atoms with Gasteiger partial charge in [0.25, 0.3) is 5.91 Å². The maximum atomic E-state index is 13.0. The van der Waals surface area contributed by atoms with Crippen LogP contribution in [-0.2, 0) is 15.8 Å². The zero-order valence-electron chi connectivity index (χ0n) is 16.9. The summed E-state index contributed by atoms with van der Waals surface area (Å²) in [6.07, 6.45) is -4.58. The number of hydrogen-bond acceptors (Lipinski definition) is 5. The molecule has 2 saturated heterocycles. The molecule has 4 rings (SSSR count). The molecule has 2 aromatic carbocycles. The minimum absolute atomic E-state index is 0.0335. The molecule has 0 unspecified atom stereocenters. The summed E-state index contributed by atoms with van der Waals surface area (Å²) in [5.41, 5.74) is 0.0849. The highest BCUT2D eigenvalue weighted by molar-refractivity contribution is 6.22. The van der Waals surface area contributed by atoms with Crippen LogP contribution in [0.5, 0.6) is 5.75 Å². The normalized spacial score (nSPS) is 20.5. The molecule has 2 heterocycles. The molecule has 2 aliphatic heterocycles. The molecule has 9 heteroatoms. The summed E-state index contributed by atoms with van der Waals surface area (Å²) in [5, 5.41) is 0. The Kier molecular flexibility index (Phi) is 5.62. The second-order valence-electron chi connectivity index (χ2n) is 7.56. The van der Waals surface area contributed by atoms with Crippen LogP contribution >= 0.6 is 0 Å². The first kappa shape index (κ1) is 21.2. The molecule has 0 spiro atoms. The van der Waals surface area contributed by atoms with E-state index in [0.717, 1.165) is 28.5 Å². The molecular formula is C22H22F3N3O3. The average Bonchev–Trinajstić information content (AvgIpc) is 3.07. The lowest BCUT2D eigenvalue weighted by molar-refractivity contribution is -0.137. The number of piperazine rings is 1. The molecule has 0 aromatic heterocycles. The third-order valence-electron chi connectivity index (χ3n) is 5.73. The monoisotopic (exact) mass is 433 g/mol. The van der Waals surface area contributed by atoms with Gasteiger partial charge in [0.1, 0.15) is 5.75 Å². The molecule has 6 nitrogen and oxygen atoms in total. The van der Waals surface area contributed by atoms with Gasteiger partial charge in [-0.3, -0.25) is 14.5 Å². The maximum Gasteiger partial charge on any atom is 0.416 e. The van der Waals surface area contributed by atoms with Crippen LogP contribution in [0.15, 0.2) is 48.5 Å². The molecule has 2 aliphatic rings. The van der Waals surface area contributed by atoms with Crippen molar-refractivity contribution in [3.63, 3.8) is 0 Å². The average molecular weight is 433 g/mol. The number of nitrogens with zero attached hydrogens (tertiary/aromatic N) is 3. The Morgan fingerprint density at radius 3 is 2.29 bits per heavy atom. The highest BCUT2D eigenvalue weighted by atomic mass is 19.4. The molecular weight excluding hydrogens is 411 g/mol. The van der Waals surface area contributed by atoms with Crippen molar-refractivity contribution in [1.82, 2.24) is 4.90 Å². The first-order chi connectivity index (χ1) is 14.8. The molecule has 2 aromatic rings. The summed E-state index contributed by atoms with van der Waals surface area (Å²) in [6, 6.07) is 11.4. The third-order valence-corrected chi connectivity index (χ3v) is 5.73. The van der Waals surface area contributed by atoms with Gasteiger partial charge in [-0.2, -0.15) is 13.2 Å². The van der Waals surface area contributed by atoms with Gasteiger partial charge < -0.3 is 9.64 Å². The molecule has 0 bridgehead atoms. The SMILES string of the molecule is COc1cccc(N2CCN([C@H]3CC(=O)N(c4cccc(C(F)(F)F)c4)C3=O)CC2)c1. The lowest BCUT2D eigenvalue weighted by Gasteiger charge is -2.38. The highest BCUT2D eigenvalue weighted by Crippen LogP contribution is 2.34. The van der Waals surface area contributed by atoms with Crippen LogP contribution in [0.2, 0.25) is 0 Å². The lowest BCUT2D eigenvalue weighted by Crippen LogP contribution is -2.52. The zero-order valence-corrected chi connectivity index (χ0v) is 16.9. The third kappa shape index (κ3) is 4.23. The van der Waals surface area contributed by atoms with E-state index in [0.29, 0.717) is 26.2 Å². The van der Waals surface area contributed by atoms with E-state index in [1.807, 2.05) is 29.2 Å². The van der Waals surface area contributed by atoms with Gasteiger partial charge in [-0.05, 0) is 30.3 Å². The van der Waals surface area contributed by atoms with Crippen LogP contribution in [0.1, 0.15) is 12.0 Å². The van der Waals surface area contributed by atoms with E-state index < -0.39 is 29.6 Å². The quantitative estimate of drug-likeness (QED) is 0.694. The molecule has 31 heavy (non-hydrogen) atoms. The van der Waals surface area contributed by atoms with E-state index in [1.54, 1.807) is 7.11 Å². The number of imide groups is 1. The molecule has 1 atom stereocenters. The standard InChI is InChI=1S/C22H22F3N3O3/c1-31-18-7-3-5-16(13-18)26-8-10-27(11-9-26)19-14-20(29)28(21(19)30)17-6-2-4-15(12-17)22(23,24)25/h2-7,12-13,19H,8-11,14H2,1H3/t19-/m0/s1. The molecule has 2 fully saturated rings. The fourth-order valence-corrected chi connectivity index (χ4v) is 4.09. The minimum Gasteiger partial charge on any atom is -0.497 e. The smallest absolute Gasteiger partial charge is 0.416 e. The van der Waals surface area contributed by atoms with Crippen molar-refractivity contribution in [2.24, 2.45) is 0 Å². The molecule has 0 saturated carbocycles. The maximum absolute atomic E-state index is 13.0. The van der Waals surface area contributed by atoms with Gasteiger partial charge in [-0.15, -0.1) is 0 Å². The fourth-order valence-electron chi connectivity index (χ4n) is 4.09. The summed E-state index contributed by atoms with van der Waals surface area (Å²) in [7, 11) is 1.61. The number of carbonyl (C=O) groups excluding carboxylic acids is 2. The van der Waals surface area contributed by atoms with Gasteiger partial charge in [-0.1, -0.05) is 12.1 Å². The lowest BCUT2D eigenvalue weighted by atomic mass is 10.1. The van der Waals surface area contributed by atoms with E-state index in [4.69, 9.17) is 4.74 Å². The van der Waals surface area contributed by atoms with E-state index in [2.05, 4.69) is 4.90 Å². The van der Waals surface area contributed by atoms with E-state index in [9.17, 15) is 22.8 Å². The molecule has 164 valence electrons. The number of benzene rings is 2. The predicted molar refractivity (Wildman–Crippen MR) is 109 cm³/mol. The van der Waals surface area contributed by atoms with E-state index in [1.165, 1.54) is 12.1 Å². The van der Waals surface area contributed by atoms with Gasteiger partial charge >= 0.3 is 6.18 Å². The summed E-state index contributed by atoms with van der Waals surface area (Å²) in [6.45, 7) is 2.46. The first-order valence-corrected chi connectivity index (χ1v) is 9.95. The van der Waals surface area contributed by atoms with Crippen molar-refractivity contribution >= 4 is 23.2 Å². The molecule has 2 amide bonds.